The van der Waals surface area contributed by atoms with Gasteiger partial charge in [0.1, 0.15) is 53.8 Å². The Morgan fingerprint density at radius 1 is 0.508 bits per heavy atom. The Balaban J connectivity index is 0.000000194. The third kappa shape index (κ3) is 10.2. The summed E-state index contributed by atoms with van der Waals surface area (Å²) < 4.78 is 118. The molecule has 2 aromatic heterocycles. The molecule has 8 aromatic rings. The molecular weight excluding hydrogens is 925 g/mol. The predicted octanol–water partition coefficient (Wildman–Crippen LogP) is 5.45. The van der Waals surface area contributed by atoms with Gasteiger partial charge in [0, 0.05) is 45.2 Å². The van der Waals surface area contributed by atoms with Crippen LogP contribution in [-0.4, -0.2) is 57.7 Å². The first-order valence-electron chi connectivity index (χ1n) is 18.5. The van der Waals surface area contributed by atoms with E-state index in [0.29, 0.717) is 39.9 Å². The van der Waals surface area contributed by atoms with Crippen LogP contribution in [0.25, 0.3) is 44.6 Å². The number of carbonyl (C=O) groups excluding carboxylic acids is 2. The zero-order valence-corrected chi connectivity index (χ0v) is 36.7. The van der Waals surface area contributed by atoms with Crippen molar-refractivity contribution in [3.63, 3.8) is 0 Å². The Bertz CT molecular complexity index is 3540. The van der Waals surface area contributed by atoms with Gasteiger partial charge in [-0.1, -0.05) is 60.7 Å². The summed E-state index contributed by atoms with van der Waals surface area (Å²) in [6.07, 6.45) is 0. The van der Waals surface area contributed by atoms with Crippen molar-refractivity contribution in [3.8, 4) is 34.1 Å². The normalized spacial score (nSPS) is 12.0. The molecule has 18 nitrogen and oxygen atoms in total. The number of para-hydroxylation sites is 2. The van der Waals surface area contributed by atoms with Gasteiger partial charge in [0.15, 0.2) is 0 Å². The van der Waals surface area contributed by atoms with Crippen molar-refractivity contribution in [2.45, 2.75) is 19.6 Å². The zero-order valence-electron chi connectivity index (χ0n) is 33.4. The molecule has 0 saturated heterocycles. The molecule has 8 rings (SSSR count). The number of hydrogen-bond acceptors (Lipinski definition) is 14. The number of phenolic OH excluding ortho intramolecular Hbond substituents is 1. The van der Waals surface area contributed by atoms with Crippen LogP contribution in [0, 0.1) is 0 Å². The fourth-order valence-corrected chi connectivity index (χ4v) is 11.0. The molecule has 0 radical (unpaired) electrons. The molecule has 0 saturated carbocycles. The van der Waals surface area contributed by atoms with Crippen molar-refractivity contribution in [2.75, 3.05) is 7.11 Å². The minimum Gasteiger partial charge on any atom is -0.508 e. The molecule has 0 aliphatic heterocycles. The van der Waals surface area contributed by atoms with Gasteiger partial charge in [-0.3, -0.25) is 9.59 Å². The molecule has 2 amide bonds. The summed E-state index contributed by atoms with van der Waals surface area (Å²) >= 11 is 0. The van der Waals surface area contributed by atoms with Gasteiger partial charge in [-0.05, 0) is 72.8 Å². The van der Waals surface area contributed by atoms with Crippen LogP contribution in [0.5, 0.6) is 11.5 Å². The SMILES string of the molecule is COc1ccc(S(=O)(=O)NC(=O)c2ccc(-c3cc4ccccc4o3)cc2)c(S(N)(=O)=O)c1.NS(=O)(=O)c1cc(O)ccc1S(=O)(=O)NC(=O)c1ccc(-c2cc3ccccc3o2)cc1. The Hall–Kier alpha value is -7.34. The summed E-state index contributed by atoms with van der Waals surface area (Å²) in [5.74, 6) is -1.16. The second kappa shape index (κ2) is 17.7. The van der Waals surface area contributed by atoms with Crippen LogP contribution in [0.15, 0.2) is 174 Å². The van der Waals surface area contributed by atoms with Gasteiger partial charge in [0.2, 0.25) is 20.0 Å². The molecule has 0 bridgehead atoms. The highest BCUT2D eigenvalue weighted by Crippen LogP contribution is 2.31. The highest BCUT2D eigenvalue weighted by Gasteiger charge is 2.29. The lowest BCUT2D eigenvalue weighted by Crippen LogP contribution is -2.32. The molecule has 0 aliphatic carbocycles. The van der Waals surface area contributed by atoms with Gasteiger partial charge in [0.25, 0.3) is 31.9 Å². The van der Waals surface area contributed by atoms with Crippen LogP contribution < -0.4 is 24.5 Å². The van der Waals surface area contributed by atoms with E-state index in [1.54, 1.807) is 24.3 Å². The summed E-state index contributed by atoms with van der Waals surface area (Å²) in [5, 5.41) is 21.5. The number of fused-ring (bicyclic) bond motifs is 2. The van der Waals surface area contributed by atoms with Crippen LogP contribution in [0.4, 0.5) is 0 Å². The average molecular weight is 959 g/mol. The van der Waals surface area contributed by atoms with Crippen LogP contribution in [0.1, 0.15) is 20.7 Å². The number of primary sulfonamides is 2. The Kier molecular flexibility index (Phi) is 12.4. The predicted molar refractivity (Wildman–Crippen MR) is 236 cm³/mol. The third-order valence-electron chi connectivity index (χ3n) is 9.44. The van der Waals surface area contributed by atoms with E-state index in [1.807, 2.05) is 70.1 Å². The number of rotatable bonds is 11. The molecule has 0 atom stereocenters. The number of methoxy groups -OCH3 is 1. The molecule has 0 fully saturated rings. The van der Waals surface area contributed by atoms with Crippen molar-refractivity contribution in [1.82, 2.24) is 9.44 Å². The summed E-state index contributed by atoms with van der Waals surface area (Å²) in [5.41, 5.74) is 2.85. The number of aromatic hydroxyl groups is 1. The first-order valence-corrected chi connectivity index (χ1v) is 24.6. The summed E-state index contributed by atoms with van der Waals surface area (Å²) in [4.78, 5) is 22.1. The largest absolute Gasteiger partial charge is 0.508 e. The number of sulfonamides is 4. The van der Waals surface area contributed by atoms with Crippen LogP contribution >= 0.6 is 0 Å². The summed E-state index contributed by atoms with van der Waals surface area (Å²) in [6, 6.07) is 36.4. The molecule has 22 heteroatoms. The van der Waals surface area contributed by atoms with Gasteiger partial charge in [-0.2, -0.15) is 0 Å². The Morgan fingerprint density at radius 3 is 1.31 bits per heavy atom. The second-order valence-electron chi connectivity index (χ2n) is 13.9. The molecule has 7 N–H and O–H groups in total. The van der Waals surface area contributed by atoms with E-state index >= 15 is 0 Å². The number of phenols is 1. The second-order valence-corrected chi connectivity index (χ2v) is 20.2. The first-order chi connectivity index (χ1) is 30.6. The van der Waals surface area contributed by atoms with Crippen LogP contribution in [0.2, 0.25) is 0 Å². The van der Waals surface area contributed by atoms with E-state index in [0.717, 1.165) is 35.0 Å². The number of carbonyl (C=O) groups is 2. The molecular formula is C43H34N4O14S4. The number of benzene rings is 6. The van der Waals surface area contributed by atoms with Gasteiger partial charge in [-0.15, -0.1) is 0 Å². The summed E-state index contributed by atoms with van der Waals surface area (Å²) in [7, 11) is -16.8. The number of nitrogens with one attached hydrogen (secondary N) is 2. The number of amides is 2. The maximum absolute atomic E-state index is 12.8. The van der Waals surface area contributed by atoms with Crippen molar-refractivity contribution in [2.24, 2.45) is 10.3 Å². The van der Waals surface area contributed by atoms with Gasteiger partial charge in [0.05, 0.1) is 7.11 Å². The zero-order chi connectivity index (χ0) is 46.9. The van der Waals surface area contributed by atoms with Gasteiger partial charge >= 0.3 is 0 Å². The van der Waals surface area contributed by atoms with Crippen molar-refractivity contribution >= 4 is 73.8 Å². The molecule has 65 heavy (non-hydrogen) atoms. The van der Waals surface area contributed by atoms with E-state index in [-0.39, 0.29) is 16.9 Å². The molecule has 334 valence electrons. The summed E-state index contributed by atoms with van der Waals surface area (Å²) in [6.45, 7) is 0. The fourth-order valence-electron chi connectivity index (χ4n) is 6.29. The standard InChI is InChI=1S/C22H18N2O7S2.C21H16N2O7S2/c1-30-17-10-11-20(21(13-17)32(23,26)27)33(28,29)24-22(25)15-8-6-14(7-9-15)19-12-16-4-2-3-5-18(16)31-19;22-31(26,27)20-12-16(24)9-10-19(20)32(28,29)23-21(25)14-7-5-13(6-8-14)18-11-15-3-1-2-4-17(15)30-18/h2-13H,1H3,(H,24,25)(H2,23,26,27);1-12,24H,(H,23,25)(H2,22,26,27). The van der Waals surface area contributed by atoms with Crippen molar-refractivity contribution in [3.05, 3.63) is 157 Å². The maximum atomic E-state index is 12.8. The third-order valence-corrected chi connectivity index (χ3v) is 14.4. The van der Waals surface area contributed by atoms with Crippen LogP contribution in [-0.2, 0) is 40.1 Å². The Morgan fingerprint density at radius 2 is 0.908 bits per heavy atom. The number of hydrogen-bond donors (Lipinski definition) is 5. The maximum Gasteiger partial charge on any atom is 0.265 e. The number of furan rings is 2. The lowest BCUT2D eigenvalue weighted by molar-refractivity contribution is 0.0972. The highest BCUT2D eigenvalue weighted by molar-refractivity contribution is 7.93. The average Bonchev–Trinajstić information content (AvgIpc) is 3.91. The van der Waals surface area contributed by atoms with E-state index in [4.69, 9.17) is 23.8 Å². The molecule has 0 unspecified atom stereocenters. The monoisotopic (exact) mass is 958 g/mol. The van der Waals surface area contributed by atoms with Crippen molar-refractivity contribution < 1.29 is 61.9 Å². The lowest BCUT2D eigenvalue weighted by atomic mass is 10.1. The topological polar surface area (TPSA) is 303 Å². The highest BCUT2D eigenvalue weighted by atomic mass is 32.2. The molecule has 6 aromatic carbocycles. The minimum absolute atomic E-state index is 0.0179. The molecule has 0 aliphatic rings. The lowest BCUT2D eigenvalue weighted by Gasteiger charge is -2.12. The van der Waals surface area contributed by atoms with E-state index in [1.165, 1.54) is 37.4 Å². The smallest absolute Gasteiger partial charge is 0.265 e. The van der Waals surface area contributed by atoms with Gasteiger partial charge in [-0.25, -0.2) is 53.4 Å². The van der Waals surface area contributed by atoms with Gasteiger partial charge < -0.3 is 18.7 Å². The Labute approximate surface area is 371 Å². The van der Waals surface area contributed by atoms with E-state index in [2.05, 4.69) is 0 Å². The van der Waals surface area contributed by atoms with Crippen molar-refractivity contribution in [1.29, 1.82) is 0 Å². The minimum atomic E-state index is -4.61. The molecule has 2 heterocycles. The first kappa shape index (κ1) is 45.7. The number of nitrogens with two attached hydrogens (primary N) is 2. The van der Waals surface area contributed by atoms with Crippen LogP contribution in [0.3, 0.4) is 0 Å². The van der Waals surface area contributed by atoms with E-state index < -0.39 is 77.2 Å². The molecule has 0 spiro atoms. The number of ether oxygens (including phenoxy) is 1. The van der Waals surface area contributed by atoms with E-state index in [9.17, 15) is 48.4 Å². The fraction of sp³-hybridized carbons (Fsp3) is 0.0233. The quantitative estimate of drug-likeness (QED) is 0.108.